The van der Waals surface area contributed by atoms with Gasteiger partial charge < -0.3 is 5.11 Å². The summed E-state index contributed by atoms with van der Waals surface area (Å²) >= 11 is 8.74. The van der Waals surface area contributed by atoms with E-state index in [2.05, 4.69) is 15.9 Å². The van der Waals surface area contributed by atoms with Crippen LogP contribution in [0.2, 0.25) is 5.02 Å². The summed E-state index contributed by atoms with van der Waals surface area (Å²) in [5.41, 5.74) is -0.172. The van der Waals surface area contributed by atoms with E-state index in [0.29, 0.717) is 4.47 Å². The summed E-state index contributed by atoms with van der Waals surface area (Å²) in [7, 11) is 0. The first-order valence-electron chi connectivity index (χ1n) is 3.76. The van der Waals surface area contributed by atoms with E-state index in [1.54, 1.807) is 0 Å². The van der Waals surface area contributed by atoms with Crippen LogP contribution in [0.3, 0.4) is 0 Å². The number of hydrogen-bond donors (Lipinski definition) is 1. The van der Waals surface area contributed by atoms with E-state index < -0.39 is 17.3 Å². The first kappa shape index (κ1) is 11.9. The number of carbonyl (C=O) groups is 1. The van der Waals surface area contributed by atoms with Crippen molar-refractivity contribution in [1.82, 2.24) is 0 Å². The molecule has 0 aliphatic carbocycles. The molecule has 0 spiro atoms. The minimum atomic E-state index is -1.13. The van der Waals surface area contributed by atoms with Crippen molar-refractivity contribution in [2.75, 3.05) is 0 Å². The zero-order valence-electron chi connectivity index (χ0n) is 7.24. The van der Waals surface area contributed by atoms with Gasteiger partial charge in [0.25, 0.3) is 5.69 Å². The van der Waals surface area contributed by atoms with Crippen molar-refractivity contribution in [2.24, 2.45) is 0 Å². The van der Waals surface area contributed by atoms with Crippen molar-refractivity contribution in [3.8, 4) is 0 Å². The van der Waals surface area contributed by atoms with Gasteiger partial charge in [-0.3, -0.25) is 14.9 Å². The van der Waals surface area contributed by atoms with Crippen molar-refractivity contribution in [3.05, 3.63) is 37.3 Å². The van der Waals surface area contributed by atoms with Crippen molar-refractivity contribution >= 4 is 39.2 Å². The number of halogens is 2. The van der Waals surface area contributed by atoms with Gasteiger partial charge in [0.15, 0.2) is 0 Å². The number of nitrogens with zero attached hydrogens (tertiary/aromatic N) is 1. The second-order valence-electron chi connectivity index (χ2n) is 2.72. The molecule has 0 aromatic heterocycles. The maximum absolute atomic E-state index is 10.6. The molecular formula is C8H5BrClNO4. The summed E-state index contributed by atoms with van der Waals surface area (Å²) in [6, 6.07) is 2.47. The van der Waals surface area contributed by atoms with Crippen LogP contribution in [-0.2, 0) is 11.2 Å². The molecule has 0 radical (unpaired) electrons. The molecule has 0 fully saturated rings. The number of aliphatic carboxylic acids is 1. The van der Waals surface area contributed by atoms with Gasteiger partial charge in [0.05, 0.1) is 16.4 Å². The zero-order chi connectivity index (χ0) is 11.6. The number of carboxylic acids is 1. The molecule has 1 aromatic carbocycles. The Morgan fingerprint density at radius 1 is 1.60 bits per heavy atom. The molecule has 7 heteroatoms. The average molecular weight is 294 g/mol. The molecule has 15 heavy (non-hydrogen) atoms. The van der Waals surface area contributed by atoms with Gasteiger partial charge in [-0.2, -0.15) is 0 Å². The molecule has 1 aromatic rings. The fraction of sp³-hybridized carbons (Fsp3) is 0.125. The fourth-order valence-electron chi connectivity index (χ4n) is 1.05. The highest BCUT2D eigenvalue weighted by molar-refractivity contribution is 9.10. The molecule has 80 valence electrons. The minimum absolute atomic E-state index is 0.115. The summed E-state index contributed by atoms with van der Waals surface area (Å²) in [4.78, 5) is 20.4. The van der Waals surface area contributed by atoms with E-state index in [0.717, 1.165) is 6.07 Å². The number of carboxylic acid groups (broad SMARTS) is 1. The zero-order valence-corrected chi connectivity index (χ0v) is 9.58. The number of nitro benzene ring substituents is 1. The van der Waals surface area contributed by atoms with Gasteiger partial charge in [-0.15, -0.1) is 0 Å². The lowest BCUT2D eigenvalue weighted by Gasteiger charge is -2.02. The molecule has 0 amide bonds. The standard InChI is InChI=1S/C8H5BrClNO4/c9-5-1-4(2-8(12)13)7(11(14)15)3-6(5)10/h1,3H,2H2,(H,12,13). The number of benzene rings is 1. The van der Waals surface area contributed by atoms with Gasteiger partial charge in [0.1, 0.15) is 0 Å². The Bertz CT molecular complexity index is 435. The third kappa shape index (κ3) is 2.90. The van der Waals surface area contributed by atoms with Crippen LogP contribution in [0.4, 0.5) is 5.69 Å². The summed E-state index contributed by atoms with van der Waals surface area (Å²) < 4.78 is 0.436. The molecule has 5 nitrogen and oxygen atoms in total. The topological polar surface area (TPSA) is 80.4 Å². The molecule has 0 unspecified atom stereocenters. The maximum atomic E-state index is 10.6. The molecule has 1 rings (SSSR count). The molecule has 0 bridgehead atoms. The van der Waals surface area contributed by atoms with Crippen LogP contribution in [-0.4, -0.2) is 16.0 Å². The molecule has 1 N–H and O–H groups in total. The van der Waals surface area contributed by atoms with Gasteiger partial charge in [0, 0.05) is 16.1 Å². The van der Waals surface area contributed by atoms with Crippen LogP contribution in [0, 0.1) is 10.1 Å². The van der Waals surface area contributed by atoms with Crippen LogP contribution in [0.1, 0.15) is 5.56 Å². The van der Waals surface area contributed by atoms with Gasteiger partial charge in [-0.05, 0) is 22.0 Å². The van der Waals surface area contributed by atoms with Gasteiger partial charge in [0.2, 0.25) is 0 Å². The predicted molar refractivity (Wildman–Crippen MR) is 57.1 cm³/mol. The monoisotopic (exact) mass is 293 g/mol. The van der Waals surface area contributed by atoms with E-state index in [9.17, 15) is 14.9 Å². The van der Waals surface area contributed by atoms with E-state index in [-0.39, 0.29) is 16.3 Å². The lowest BCUT2D eigenvalue weighted by Crippen LogP contribution is -2.03. The van der Waals surface area contributed by atoms with Crippen molar-refractivity contribution in [1.29, 1.82) is 0 Å². The SMILES string of the molecule is O=C(O)Cc1cc(Br)c(Cl)cc1[N+](=O)[O-]. The van der Waals surface area contributed by atoms with E-state index in [4.69, 9.17) is 16.7 Å². The molecule has 0 atom stereocenters. The smallest absolute Gasteiger partial charge is 0.308 e. The van der Waals surface area contributed by atoms with Gasteiger partial charge >= 0.3 is 5.97 Å². The van der Waals surface area contributed by atoms with Crippen molar-refractivity contribution in [3.63, 3.8) is 0 Å². The lowest BCUT2D eigenvalue weighted by atomic mass is 10.1. The predicted octanol–water partition coefficient (Wildman–Crippen LogP) is 2.64. The van der Waals surface area contributed by atoms with E-state index in [1.165, 1.54) is 6.07 Å². The van der Waals surface area contributed by atoms with Crippen LogP contribution in [0.15, 0.2) is 16.6 Å². The fourth-order valence-corrected chi connectivity index (χ4v) is 1.60. The quantitative estimate of drug-likeness (QED) is 0.686. The summed E-state index contributed by atoms with van der Waals surface area (Å²) in [6.07, 6.45) is -0.411. The molecule has 0 aliphatic rings. The third-order valence-electron chi connectivity index (χ3n) is 1.66. The Morgan fingerprint density at radius 3 is 2.67 bits per heavy atom. The Labute approximate surface area is 97.9 Å². The highest BCUT2D eigenvalue weighted by Crippen LogP contribution is 2.30. The third-order valence-corrected chi connectivity index (χ3v) is 2.86. The summed E-state index contributed by atoms with van der Waals surface area (Å²) in [5, 5.41) is 19.3. The van der Waals surface area contributed by atoms with Crippen molar-refractivity contribution in [2.45, 2.75) is 6.42 Å². The van der Waals surface area contributed by atoms with Crippen LogP contribution in [0.5, 0.6) is 0 Å². The normalized spacial score (nSPS) is 10.0. The Kier molecular flexibility index (Phi) is 3.65. The van der Waals surface area contributed by atoms with E-state index in [1.807, 2.05) is 0 Å². The number of rotatable bonds is 3. The minimum Gasteiger partial charge on any atom is -0.481 e. The second kappa shape index (κ2) is 4.59. The first-order valence-corrected chi connectivity index (χ1v) is 4.93. The highest BCUT2D eigenvalue weighted by atomic mass is 79.9. The van der Waals surface area contributed by atoms with Crippen LogP contribution < -0.4 is 0 Å². The van der Waals surface area contributed by atoms with Gasteiger partial charge in [-0.1, -0.05) is 11.6 Å². The average Bonchev–Trinajstić information content (AvgIpc) is 2.09. The molecule has 0 saturated heterocycles. The number of nitro groups is 1. The number of hydrogen-bond acceptors (Lipinski definition) is 3. The summed E-state index contributed by atoms with van der Waals surface area (Å²) in [6.45, 7) is 0. The largest absolute Gasteiger partial charge is 0.481 e. The van der Waals surface area contributed by atoms with E-state index >= 15 is 0 Å². The van der Waals surface area contributed by atoms with Gasteiger partial charge in [-0.25, -0.2) is 0 Å². The molecule has 0 aliphatic heterocycles. The molecule has 0 saturated carbocycles. The summed E-state index contributed by atoms with van der Waals surface area (Å²) in [5.74, 6) is -1.13. The molecular weight excluding hydrogens is 289 g/mol. The maximum Gasteiger partial charge on any atom is 0.308 e. The highest BCUT2D eigenvalue weighted by Gasteiger charge is 2.18. The first-order chi connectivity index (χ1) is 6.91. The molecule has 0 heterocycles. The lowest BCUT2D eigenvalue weighted by molar-refractivity contribution is -0.385. The van der Waals surface area contributed by atoms with Crippen LogP contribution >= 0.6 is 27.5 Å². The van der Waals surface area contributed by atoms with Crippen LogP contribution in [0.25, 0.3) is 0 Å². The second-order valence-corrected chi connectivity index (χ2v) is 3.98. The Hall–Kier alpha value is -1.14. The Morgan fingerprint density at radius 2 is 2.20 bits per heavy atom. The Balaban J connectivity index is 3.28. The van der Waals surface area contributed by atoms with Crippen molar-refractivity contribution < 1.29 is 14.8 Å².